The standard InChI is InChI=1S/C22H27FN6O7S/c1-36-21(33)17-7-6-15(23)10-14(17)13-37(34,35)28-18-5-3-9-29(20(18)32)11-19(31)27-16(12-30)4-2-8-26-22(24)25/h3,5-7,9-10,12,16,28H,2,4,8,11,13H2,1H3,(H,27,31)(H4,24,25,26)/t16-/m0/s1. The number of hydrogen-bond acceptors (Lipinski definition) is 8. The van der Waals surface area contributed by atoms with E-state index in [0.717, 1.165) is 29.9 Å². The highest BCUT2D eigenvalue weighted by Gasteiger charge is 2.21. The van der Waals surface area contributed by atoms with Crippen molar-refractivity contribution in [2.75, 3.05) is 18.4 Å². The molecule has 1 amide bonds. The van der Waals surface area contributed by atoms with Gasteiger partial charge < -0.3 is 30.9 Å². The molecule has 1 aromatic carbocycles. The van der Waals surface area contributed by atoms with E-state index in [9.17, 15) is 32.0 Å². The highest BCUT2D eigenvalue weighted by molar-refractivity contribution is 7.91. The summed E-state index contributed by atoms with van der Waals surface area (Å²) < 4.78 is 46.7. The summed E-state index contributed by atoms with van der Waals surface area (Å²) in [5, 5.41) is 2.46. The van der Waals surface area contributed by atoms with Gasteiger partial charge in [-0.1, -0.05) is 0 Å². The molecule has 37 heavy (non-hydrogen) atoms. The Bertz CT molecular complexity index is 1340. The topological polar surface area (TPSA) is 205 Å². The molecule has 0 radical (unpaired) electrons. The molecule has 6 N–H and O–H groups in total. The second-order valence-electron chi connectivity index (χ2n) is 7.77. The Kier molecular flexibility index (Phi) is 10.3. The van der Waals surface area contributed by atoms with Crippen LogP contribution in [-0.2, 0) is 36.6 Å². The molecule has 0 bridgehead atoms. The minimum atomic E-state index is -4.29. The first-order valence-electron chi connectivity index (χ1n) is 10.8. The number of ether oxygens (including phenoxy) is 1. The summed E-state index contributed by atoms with van der Waals surface area (Å²) in [6, 6.07) is 4.62. The van der Waals surface area contributed by atoms with Crippen LogP contribution in [-0.4, -0.2) is 56.8 Å². The highest BCUT2D eigenvalue weighted by atomic mass is 32.2. The van der Waals surface area contributed by atoms with Crippen LogP contribution >= 0.6 is 0 Å². The number of sulfonamides is 1. The van der Waals surface area contributed by atoms with Gasteiger partial charge in [0, 0.05) is 12.7 Å². The van der Waals surface area contributed by atoms with Gasteiger partial charge >= 0.3 is 5.97 Å². The van der Waals surface area contributed by atoms with Gasteiger partial charge in [-0.05, 0) is 48.7 Å². The van der Waals surface area contributed by atoms with E-state index >= 15 is 0 Å². The Morgan fingerprint density at radius 2 is 2.00 bits per heavy atom. The number of guanidine groups is 1. The number of nitrogens with one attached hydrogen (secondary N) is 2. The van der Waals surface area contributed by atoms with E-state index in [2.05, 4.69) is 19.8 Å². The molecule has 0 saturated carbocycles. The summed E-state index contributed by atoms with van der Waals surface area (Å²) in [7, 11) is -3.20. The van der Waals surface area contributed by atoms with Crippen molar-refractivity contribution in [3.8, 4) is 0 Å². The Morgan fingerprint density at radius 1 is 1.27 bits per heavy atom. The first-order chi connectivity index (χ1) is 17.5. The van der Waals surface area contributed by atoms with Gasteiger partial charge in [0.25, 0.3) is 5.56 Å². The highest BCUT2D eigenvalue weighted by Crippen LogP contribution is 2.17. The van der Waals surface area contributed by atoms with Crippen molar-refractivity contribution in [2.45, 2.75) is 31.2 Å². The van der Waals surface area contributed by atoms with Crippen molar-refractivity contribution in [2.24, 2.45) is 16.5 Å². The van der Waals surface area contributed by atoms with Crippen LogP contribution in [0.1, 0.15) is 28.8 Å². The van der Waals surface area contributed by atoms with Crippen LogP contribution in [0.2, 0.25) is 0 Å². The number of halogens is 1. The Balaban J connectivity index is 2.12. The number of nitrogens with zero attached hydrogens (tertiary/aromatic N) is 2. The van der Waals surface area contributed by atoms with E-state index in [1.54, 1.807) is 0 Å². The van der Waals surface area contributed by atoms with Crippen molar-refractivity contribution < 1.29 is 31.9 Å². The number of aldehydes is 1. The van der Waals surface area contributed by atoms with Crippen LogP contribution in [0.4, 0.5) is 10.1 Å². The lowest BCUT2D eigenvalue weighted by Crippen LogP contribution is -2.40. The number of nitrogens with two attached hydrogens (primary N) is 2. The van der Waals surface area contributed by atoms with Gasteiger partial charge in [-0.15, -0.1) is 0 Å². The fraction of sp³-hybridized carbons (Fsp3) is 0.318. The first kappa shape index (κ1) is 29.0. The molecule has 200 valence electrons. The van der Waals surface area contributed by atoms with E-state index in [-0.39, 0.29) is 35.7 Å². The average Bonchev–Trinajstić information content (AvgIpc) is 2.82. The van der Waals surface area contributed by atoms with E-state index < -0.39 is 51.6 Å². The van der Waals surface area contributed by atoms with E-state index in [0.29, 0.717) is 12.7 Å². The van der Waals surface area contributed by atoms with Gasteiger partial charge in [-0.3, -0.25) is 19.3 Å². The molecule has 1 atom stereocenters. The predicted molar refractivity (Wildman–Crippen MR) is 133 cm³/mol. The lowest BCUT2D eigenvalue weighted by atomic mass is 10.1. The van der Waals surface area contributed by atoms with Crippen LogP contribution in [0.5, 0.6) is 0 Å². The number of esters is 1. The third-order valence-electron chi connectivity index (χ3n) is 4.90. The predicted octanol–water partition coefficient (Wildman–Crippen LogP) is -0.547. The molecule has 0 fully saturated rings. The molecule has 0 saturated heterocycles. The monoisotopic (exact) mass is 538 g/mol. The molecule has 0 spiro atoms. The third-order valence-corrected chi connectivity index (χ3v) is 6.12. The van der Waals surface area contributed by atoms with Crippen molar-refractivity contribution in [1.29, 1.82) is 0 Å². The van der Waals surface area contributed by atoms with Crippen molar-refractivity contribution in [3.05, 3.63) is 63.8 Å². The fourth-order valence-corrected chi connectivity index (χ4v) is 4.45. The lowest BCUT2D eigenvalue weighted by Gasteiger charge is -2.14. The number of amides is 1. The SMILES string of the molecule is COC(=O)c1ccc(F)cc1CS(=O)(=O)Nc1cccn(CC(=O)N[C@H](C=O)CCCN=C(N)N)c1=O. The fourth-order valence-electron chi connectivity index (χ4n) is 3.24. The van der Waals surface area contributed by atoms with Crippen LogP contribution < -0.4 is 27.1 Å². The van der Waals surface area contributed by atoms with E-state index in [4.69, 9.17) is 11.5 Å². The number of carbonyl (C=O) groups is 3. The maximum Gasteiger partial charge on any atom is 0.338 e. The molecule has 2 aromatic rings. The number of aromatic nitrogens is 1. The molecule has 2 rings (SSSR count). The van der Waals surface area contributed by atoms with Gasteiger partial charge in [-0.2, -0.15) is 0 Å². The molecule has 1 heterocycles. The van der Waals surface area contributed by atoms with Gasteiger partial charge in [0.15, 0.2) is 5.96 Å². The molecule has 0 aliphatic heterocycles. The zero-order valence-corrected chi connectivity index (χ0v) is 20.7. The Morgan fingerprint density at radius 3 is 2.65 bits per heavy atom. The molecule has 0 unspecified atom stereocenters. The van der Waals surface area contributed by atoms with Crippen LogP contribution in [0.15, 0.2) is 46.3 Å². The minimum Gasteiger partial charge on any atom is -0.465 e. The zero-order valence-electron chi connectivity index (χ0n) is 19.8. The van der Waals surface area contributed by atoms with Gasteiger partial charge in [0.1, 0.15) is 24.3 Å². The van der Waals surface area contributed by atoms with Gasteiger partial charge in [0.05, 0.1) is 24.5 Å². The minimum absolute atomic E-state index is 0.0959. The number of aliphatic imine (C=N–C) groups is 1. The lowest BCUT2D eigenvalue weighted by molar-refractivity contribution is -0.124. The molecular weight excluding hydrogens is 511 g/mol. The number of benzene rings is 1. The summed E-state index contributed by atoms with van der Waals surface area (Å²) >= 11 is 0. The summed E-state index contributed by atoms with van der Waals surface area (Å²) in [5.41, 5.74) is 8.90. The number of pyridine rings is 1. The van der Waals surface area contributed by atoms with Crippen LogP contribution in [0.3, 0.4) is 0 Å². The molecule has 13 nitrogen and oxygen atoms in total. The average molecular weight is 539 g/mol. The second-order valence-corrected chi connectivity index (χ2v) is 9.49. The number of rotatable bonds is 13. The Labute approximate surface area is 211 Å². The van der Waals surface area contributed by atoms with Crippen LogP contribution in [0.25, 0.3) is 0 Å². The van der Waals surface area contributed by atoms with E-state index in [1.807, 2.05) is 0 Å². The van der Waals surface area contributed by atoms with Gasteiger partial charge in [-0.25, -0.2) is 17.6 Å². The van der Waals surface area contributed by atoms with Crippen molar-refractivity contribution >= 4 is 39.8 Å². The summed E-state index contributed by atoms with van der Waals surface area (Å²) in [5.74, 6) is -3.21. The number of hydrogen-bond donors (Lipinski definition) is 4. The molecule has 15 heteroatoms. The molecule has 0 aliphatic carbocycles. The molecule has 1 aromatic heterocycles. The summed E-state index contributed by atoms with van der Waals surface area (Å²) in [4.78, 5) is 52.0. The van der Waals surface area contributed by atoms with Crippen molar-refractivity contribution in [3.63, 3.8) is 0 Å². The third kappa shape index (κ3) is 9.03. The summed E-state index contributed by atoms with van der Waals surface area (Å²) in [6.45, 7) is -0.232. The van der Waals surface area contributed by atoms with Crippen LogP contribution in [0, 0.1) is 5.82 Å². The van der Waals surface area contributed by atoms with Crippen molar-refractivity contribution in [1.82, 2.24) is 9.88 Å². The smallest absolute Gasteiger partial charge is 0.338 e. The quantitative estimate of drug-likeness (QED) is 0.0848. The normalized spacial score (nSPS) is 11.7. The number of anilines is 1. The number of carbonyl (C=O) groups excluding carboxylic acids is 3. The summed E-state index contributed by atoms with van der Waals surface area (Å²) in [6.07, 6.45) is 2.47. The zero-order chi connectivity index (χ0) is 27.6. The Hall–Kier alpha value is -4.27. The largest absolute Gasteiger partial charge is 0.465 e. The number of methoxy groups -OCH3 is 1. The first-order valence-corrected chi connectivity index (χ1v) is 12.5. The second kappa shape index (κ2) is 13.2. The van der Waals surface area contributed by atoms with E-state index in [1.165, 1.54) is 18.3 Å². The maximum absolute atomic E-state index is 13.7. The van der Waals surface area contributed by atoms with Gasteiger partial charge in [0.2, 0.25) is 15.9 Å². The maximum atomic E-state index is 13.7. The molecular formula is C22H27FN6O7S. The molecule has 0 aliphatic rings.